The van der Waals surface area contributed by atoms with Gasteiger partial charge in [-0.15, -0.1) is 10.2 Å². The highest BCUT2D eigenvalue weighted by atomic mass is 79.9. The van der Waals surface area contributed by atoms with Crippen LogP contribution < -0.4 is 5.32 Å². The molecule has 0 saturated heterocycles. The zero-order valence-electron chi connectivity index (χ0n) is 6.04. The van der Waals surface area contributed by atoms with Crippen LogP contribution in [-0.2, 0) is 0 Å². The first-order valence-corrected chi connectivity index (χ1v) is 5.12. The lowest BCUT2D eigenvalue weighted by Gasteiger charge is -1.95. The highest BCUT2D eigenvalue weighted by Gasteiger charge is 2.33. The Balaban J connectivity index is 1.96. The molecule has 0 radical (unpaired) electrons. The van der Waals surface area contributed by atoms with Crippen molar-refractivity contribution in [3.8, 4) is 0 Å². The highest BCUT2D eigenvalue weighted by molar-refractivity contribution is 9.11. The molecule has 0 aliphatic heterocycles. The molecule has 11 heavy (non-hydrogen) atoms. The first kappa shape index (κ1) is 7.49. The van der Waals surface area contributed by atoms with Crippen molar-refractivity contribution < 1.29 is 0 Å². The van der Waals surface area contributed by atoms with Gasteiger partial charge >= 0.3 is 0 Å². The Morgan fingerprint density at radius 1 is 1.64 bits per heavy atom. The predicted molar refractivity (Wildman–Crippen MR) is 48.8 cm³/mol. The van der Waals surface area contributed by atoms with Crippen molar-refractivity contribution in [2.24, 2.45) is 5.92 Å². The maximum absolute atomic E-state index is 3.94. The van der Waals surface area contributed by atoms with Gasteiger partial charge in [-0.3, -0.25) is 0 Å². The molecule has 1 aliphatic rings. The summed E-state index contributed by atoms with van der Waals surface area (Å²) in [6.45, 7) is 2.23. The summed E-state index contributed by atoms with van der Waals surface area (Å²) >= 11 is 4.80. The van der Waals surface area contributed by atoms with E-state index in [0.29, 0.717) is 6.04 Å². The summed E-state index contributed by atoms with van der Waals surface area (Å²) in [5.41, 5.74) is 0. The summed E-state index contributed by atoms with van der Waals surface area (Å²) in [4.78, 5) is 0. The molecule has 0 amide bonds. The number of nitrogens with one attached hydrogen (secondary N) is 1. The SMILES string of the molecule is C[C@@H]1C[C@H]1Nc1nnc(Br)s1. The molecule has 2 atom stereocenters. The molecule has 2 rings (SSSR count). The van der Waals surface area contributed by atoms with Gasteiger partial charge in [0, 0.05) is 6.04 Å². The maximum atomic E-state index is 3.94. The largest absolute Gasteiger partial charge is 0.357 e. The van der Waals surface area contributed by atoms with Crippen molar-refractivity contribution in [2.45, 2.75) is 19.4 Å². The molecule has 1 aromatic heterocycles. The van der Waals surface area contributed by atoms with Crippen LogP contribution in [0.4, 0.5) is 5.13 Å². The van der Waals surface area contributed by atoms with Crippen LogP contribution in [0.3, 0.4) is 0 Å². The summed E-state index contributed by atoms with van der Waals surface area (Å²) < 4.78 is 0.841. The normalized spacial score (nSPS) is 28.5. The summed E-state index contributed by atoms with van der Waals surface area (Å²) in [6.07, 6.45) is 1.26. The fourth-order valence-corrected chi connectivity index (χ4v) is 2.02. The molecule has 3 nitrogen and oxygen atoms in total. The van der Waals surface area contributed by atoms with Gasteiger partial charge in [0.25, 0.3) is 0 Å². The number of aromatic nitrogens is 2. The van der Waals surface area contributed by atoms with E-state index in [1.54, 1.807) is 11.3 Å². The average Bonchev–Trinajstić information content (AvgIpc) is 2.42. The number of rotatable bonds is 2. The van der Waals surface area contributed by atoms with Gasteiger partial charge in [0.2, 0.25) is 5.13 Å². The van der Waals surface area contributed by atoms with E-state index in [0.717, 1.165) is 15.0 Å². The second-order valence-electron chi connectivity index (χ2n) is 2.82. The molecule has 0 unspecified atom stereocenters. The fourth-order valence-electron chi connectivity index (χ4n) is 0.945. The lowest BCUT2D eigenvalue weighted by molar-refractivity contribution is 0.921. The highest BCUT2D eigenvalue weighted by Crippen LogP contribution is 2.33. The van der Waals surface area contributed by atoms with Gasteiger partial charge in [-0.2, -0.15) is 0 Å². The average molecular weight is 234 g/mol. The zero-order chi connectivity index (χ0) is 7.84. The van der Waals surface area contributed by atoms with Crippen LogP contribution in [0.25, 0.3) is 0 Å². The Labute approximate surface area is 77.4 Å². The van der Waals surface area contributed by atoms with E-state index in [9.17, 15) is 0 Å². The third kappa shape index (κ3) is 1.70. The molecular formula is C6H8BrN3S. The molecule has 1 aliphatic carbocycles. The standard InChI is InChI=1S/C6H8BrN3S/c1-3-2-4(3)8-6-10-9-5(7)11-6/h3-4H,2H2,1H3,(H,8,10)/t3-,4-/m1/s1. The van der Waals surface area contributed by atoms with E-state index in [-0.39, 0.29) is 0 Å². The third-order valence-corrected chi connectivity index (χ3v) is 3.11. The molecule has 0 bridgehead atoms. The Kier molecular flexibility index (Phi) is 1.85. The minimum absolute atomic E-state index is 0.634. The van der Waals surface area contributed by atoms with Crippen LogP contribution in [0.15, 0.2) is 3.92 Å². The van der Waals surface area contributed by atoms with E-state index >= 15 is 0 Å². The van der Waals surface area contributed by atoms with Gasteiger partial charge in [0.15, 0.2) is 3.92 Å². The minimum atomic E-state index is 0.634. The number of nitrogens with zero attached hydrogens (tertiary/aromatic N) is 2. The van der Waals surface area contributed by atoms with Gasteiger partial charge in [-0.1, -0.05) is 18.3 Å². The monoisotopic (exact) mass is 233 g/mol. The summed E-state index contributed by atoms with van der Waals surface area (Å²) in [6, 6.07) is 0.634. The lowest BCUT2D eigenvalue weighted by atomic mass is 10.5. The first-order chi connectivity index (χ1) is 5.25. The molecule has 1 aromatic rings. The number of hydrogen-bond donors (Lipinski definition) is 1. The maximum Gasteiger partial charge on any atom is 0.206 e. The number of halogens is 1. The molecule has 1 fully saturated rings. The van der Waals surface area contributed by atoms with Crippen molar-refractivity contribution in [3.05, 3.63) is 3.92 Å². The molecule has 0 aromatic carbocycles. The van der Waals surface area contributed by atoms with E-state index in [1.807, 2.05) is 0 Å². The number of hydrogen-bond acceptors (Lipinski definition) is 4. The van der Waals surface area contributed by atoms with Gasteiger partial charge in [-0.05, 0) is 28.3 Å². The van der Waals surface area contributed by atoms with Crippen molar-refractivity contribution in [2.75, 3.05) is 5.32 Å². The van der Waals surface area contributed by atoms with Crippen molar-refractivity contribution in [1.29, 1.82) is 0 Å². The topological polar surface area (TPSA) is 37.8 Å². The van der Waals surface area contributed by atoms with Gasteiger partial charge in [-0.25, -0.2) is 0 Å². The summed E-state index contributed by atoms with van der Waals surface area (Å²) in [5, 5.41) is 12.0. The fraction of sp³-hybridized carbons (Fsp3) is 0.667. The van der Waals surface area contributed by atoms with E-state index in [4.69, 9.17) is 0 Å². The van der Waals surface area contributed by atoms with Crippen molar-refractivity contribution in [1.82, 2.24) is 10.2 Å². The van der Waals surface area contributed by atoms with E-state index < -0.39 is 0 Å². The molecule has 1 saturated carbocycles. The molecular weight excluding hydrogens is 226 g/mol. The third-order valence-electron chi connectivity index (χ3n) is 1.82. The van der Waals surface area contributed by atoms with E-state index in [2.05, 4.69) is 38.4 Å². The Hall–Kier alpha value is -0.160. The quantitative estimate of drug-likeness (QED) is 0.851. The van der Waals surface area contributed by atoms with Crippen LogP contribution in [-0.4, -0.2) is 16.2 Å². The van der Waals surface area contributed by atoms with E-state index in [1.165, 1.54) is 6.42 Å². The van der Waals surface area contributed by atoms with Crippen molar-refractivity contribution >= 4 is 32.4 Å². The molecule has 0 spiro atoms. The smallest absolute Gasteiger partial charge is 0.206 e. The molecule has 1 heterocycles. The first-order valence-electron chi connectivity index (χ1n) is 3.51. The van der Waals surface area contributed by atoms with Crippen LogP contribution in [0.1, 0.15) is 13.3 Å². The molecule has 5 heteroatoms. The van der Waals surface area contributed by atoms with Gasteiger partial charge < -0.3 is 5.32 Å². The van der Waals surface area contributed by atoms with Crippen LogP contribution in [0.5, 0.6) is 0 Å². The summed E-state index contributed by atoms with van der Waals surface area (Å²) in [7, 11) is 0. The molecule has 1 N–H and O–H groups in total. The summed E-state index contributed by atoms with van der Waals surface area (Å²) in [5.74, 6) is 0.803. The second-order valence-corrected chi connectivity index (χ2v) is 5.08. The minimum Gasteiger partial charge on any atom is -0.357 e. The zero-order valence-corrected chi connectivity index (χ0v) is 8.44. The Bertz CT molecular complexity index is 262. The van der Waals surface area contributed by atoms with Crippen LogP contribution in [0, 0.1) is 5.92 Å². The Morgan fingerprint density at radius 2 is 2.36 bits per heavy atom. The van der Waals surface area contributed by atoms with Crippen LogP contribution in [0.2, 0.25) is 0 Å². The Morgan fingerprint density at radius 3 is 2.82 bits per heavy atom. The predicted octanol–water partition coefficient (Wildman–Crippen LogP) is 2.12. The van der Waals surface area contributed by atoms with Gasteiger partial charge in [0.1, 0.15) is 0 Å². The van der Waals surface area contributed by atoms with Crippen LogP contribution >= 0.6 is 27.3 Å². The lowest BCUT2D eigenvalue weighted by Crippen LogP contribution is -2.02. The number of anilines is 1. The van der Waals surface area contributed by atoms with Gasteiger partial charge in [0.05, 0.1) is 0 Å². The van der Waals surface area contributed by atoms with Crippen molar-refractivity contribution in [3.63, 3.8) is 0 Å². The second kappa shape index (κ2) is 2.71. The molecule has 60 valence electrons.